The lowest BCUT2D eigenvalue weighted by atomic mass is 9.68. The van der Waals surface area contributed by atoms with Gasteiger partial charge in [0.05, 0.1) is 13.1 Å². The number of allylic oxidation sites excluding steroid dienone is 2. The molecule has 1 aliphatic carbocycles. The molecule has 0 aromatic heterocycles. The standard InChI is InChI=1S/C17H22O2.C7H12N2.C5H12/c1-10-5-7-13-12(9-10)15-14(19-17(13,3)4)8-6-11(2)16(15)18;1-3-7-8-4-2-6-9(7)5-1;1-3-5-4-2/h6,8-9,12-13,18H,5,7H2,1-4H3;1-6H2;3-5H2,1-2H3/p+1/t12-,13-;;/m1../s1. The SMILES string of the molecule is C1CN=C2CCC[NH+]2C1.CC1=C[C@H]2c3c(ccc(C)c3O)OC(C)(C)[C@@H]2CC1.CCCCC. The van der Waals surface area contributed by atoms with Crippen molar-refractivity contribution >= 4 is 5.84 Å². The smallest absolute Gasteiger partial charge is 0.196 e. The van der Waals surface area contributed by atoms with Crippen LogP contribution in [0.4, 0.5) is 0 Å². The highest BCUT2D eigenvalue weighted by atomic mass is 16.5. The van der Waals surface area contributed by atoms with Crippen LogP contribution in [0.1, 0.15) is 103 Å². The number of aryl methyl sites for hydroxylation is 1. The first-order valence-electron chi connectivity index (χ1n) is 13.4. The van der Waals surface area contributed by atoms with Crippen LogP contribution in [0.15, 0.2) is 28.8 Å². The molecular weight excluding hydrogens is 408 g/mol. The van der Waals surface area contributed by atoms with E-state index in [1.165, 1.54) is 63.0 Å². The van der Waals surface area contributed by atoms with Gasteiger partial charge in [0.25, 0.3) is 0 Å². The number of phenolic OH excluding ortho intramolecular Hbond substituents is 1. The van der Waals surface area contributed by atoms with E-state index in [2.05, 4.69) is 45.7 Å². The Morgan fingerprint density at radius 3 is 2.48 bits per heavy atom. The third kappa shape index (κ3) is 6.20. The van der Waals surface area contributed by atoms with Gasteiger partial charge in [0.1, 0.15) is 17.1 Å². The quantitative estimate of drug-likeness (QED) is 0.539. The number of unbranched alkanes of at least 4 members (excludes halogenated alkanes) is 2. The molecule has 3 atom stereocenters. The molecule has 1 fully saturated rings. The number of nitrogens with one attached hydrogen (secondary N) is 1. The zero-order valence-electron chi connectivity index (χ0n) is 22.0. The van der Waals surface area contributed by atoms with Gasteiger partial charge in [-0.25, -0.2) is 4.99 Å². The van der Waals surface area contributed by atoms with Crippen molar-refractivity contribution in [3.8, 4) is 11.5 Å². The fourth-order valence-electron chi connectivity index (χ4n) is 5.71. The number of hydrogen-bond donors (Lipinski definition) is 2. The first kappa shape index (κ1) is 25.8. The lowest BCUT2D eigenvalue weighted by molar-refractivity contribution is -0.800. The highest BCUT2D eigenvalue weighted by Crippen LogP contribution is 2.53. The van der Waals surface area contributed by atoms with Crippen molar-refractivity contribution in [3.63, 3.8) is 0 Å². The third-order valence-electron chi connectivity index (χ3n) is 7.67. The van der Waals surface area contributed by atoms with Crippen LogP contribution in [0.25, 0.3) is 0 Å². The molecule has 3 aliphatic heterocycles. The van der Waals surface area contributed by atoms with Gasteiger partial charge in [0, 0.05) is 43.2 Å². The fraction of sp³-hybridized carbons (Fsp3) is 0.690. The predicted molar refractivity (Wildman–Crippen MR) is 139 cm³/mol. The largest absolute Gasteiger partial charge is 0.507 e. The van der Waals surface area contributed by atoms with Crippen LogP contribution in [-0.4, -0.2) is 36.2 Å². The number of quaternary nitrogens is 1. The van der Waals surface area contributed by atoms with Crippen molar-refractivity contribution in [2.75, 3.05) is 19.6 Å². The molecule has 1 saturated heterocycles. The molecule has 3 heterocycles. The minimum atomic E-state index is -0.170. The summed E-state index contributed by atoms with van der Waals surface area (Å²) in [5.74, 6) is 3.44. The lowest BCUT2D eigenvalue weighted by Crippen LogP contribution is -3.13. The van der Waals surface area contributed by atoms with E-state index in [9.17, 15) is 5.11 Å². The third-order valence-corrected chi connectivity index (χ3v) is 7.67. The monoisotopic (exact) mass is 455 g/mol. The molecular formula is C29H47N2O2+. The Balaban J connectivity index is 0.000000180. The lowest BCUT2D eigenvalue weighted by Gasteiger charge is -2.46. The number of rotatable bonds is 2. The van der Waals surface area contributed by atoms with E-state index in [1.54, 1.807) is 4.90 Å². The van der Waals surface area contributed by atoms with E-state index in [1.807, 2.05) is 19.1 Å². The minimum Gasteiger partial charge on any atom is -0.507 e. The Kier molecular flexibility index (Phi) is 9.03. The van der Waals surface area contributed by atoms with Crippen molar-refractivity contribution in [2.24, 2.45) is 10.9 Å². The molecule has 0 spiro atoms. The second-order valence-corrected chi connectivity index (χ2v) is 10.8. The minimum absolute atomic E-state index is 0.170. The highest BCUT2D eigenvalue weighted by Gasteiger charge is 2.45. The number of aromatic hydroxyl groups is 1. The van der Waals surface area contributed by atoms with Gasteiger partial charge in [-0.3, -0.25) is 4.90 Å². The number of ether oxygens (including phenoxy) is 1. The number of benzene rings is 1. The van der Waals surface area contributed by atoms with Crippen molar-refractivity contribution < 1.29 is 14.7 Å². The number of amidine groups is 1. The number of hydrogen-bond acceptors (Lipinski definition) is 3. The number of aliphatic imine (C=N–C) groups is 1. The van der Waals surface area contributed by atoms with E-state index in [4.69, 9.17) is 4.74 Å². The fourth-order valence-corrected chi connectivity index (χ4v) is 5.71. The maximum Gasteiger partial charge on any atom is 0.196 e. The topological polar surface area (TPSA) is 46.3 Å². The molecule has 0 amide bonds. The molecule has 4 aliphatic rings. The zero-order chi connectivity index (χ0) is 24.0. The van der Waals surface area contributed by atoms with E-state index in [-0.39, 0.29) is 11.5 Å². The van der Waals surface area contributed by atoms with Gasteiger partial charge >= 0.3 is 0 Å². The Hall–Kier alpha value is -1.81. The first-order chi connectivity index (χ1) is 15.8. The second-order valence-electron chi connectivity index (χ2n) is 10.8. The van der Waals surface area contributed by atoms with E-state index < -0.39 is 0 Å². The summed E-state index contributed by atoms with van der Waals surface area (Å²) in [4.78, 5) is 6.14. The van der Waals surface area contributed by atoms with Gasteiger partial charge < -0.3 is 9.84 Å². The number of phenols is 1. The average molecular weight is 456 g/mol. The van der Waals surface area contributed by atoms with E-state index in [0.717, 1.165) is 36.3 Å². The zero-order valence-corrected chi connectivity index (χ0v) is 22.0. The van der Waals surface area contributed by atoms with Crippen LogP contribution >= 0.6 is 0 Å². The van der Waals surface area contributed by atoms with Gasteiger partial charge in [-0.1, -0.05) is 50.8 Å². The number of fused-ring (bicyclic) bond motifs is 4. The van der Waals surface area contributed by atoms with Crippen molar-refractivity contribution in [3.05, 3.63) is 34.9 Å². The maximum absolute atomic E-state index is 10.4. The molecule has 4 nitrogen and oxygen atoms in total. The summed E-state index contributed by atoms with van der Waals surface area (Å²) >= 11 is 0. The Bertz CT molecular complexity index is 853. The molecule has 5 rings (SSSR count). The summed E-state index contributed by atoms with van der Waals surface area (Å²) in [6, 6.07) is 3.93. The Morgan fingerprint density at radius 2 is 1.82 bits per heavy atom. The van der Waals surface area contributed by atoms with Gasteiger partial charge in [-0.15, -0.1) is 0 Å². The molecule has 4 heteroatoms. The van der Waals surface area contributed by atoms with Crippen LogP contribution in [0.2, 0.25) is 0 Å². The highest BCUT2D eigenvalue weighted by molar-refractivity contribution is 5.75. The average Bonchev–Trinajstić information content (AvgIpc) is 3.26. The molecule has 0 radical (unpaired) electrons. The molecule has 1 aromatic carbocycles. The summed E-state index contributed by atoms with van der Waals surface area (Å²) in [5.41, 5.74) is 3.17. The normalized spacial score (nSPS) is 26.5. The molecule has 1 unspecified atom stereocenters. The summed E-state index contributed by atoms with van der Waals surface area (Å²) < 4.78 is 6.17. The van der Waals surface area contributed by atoms with Gasteiger partial charge in [-0.05, 0) is 52.2 Å². The number of nitrogens with zero attached hydrogens (tertiary/aromatic N) is 1. The van der Waals surface area contributed by atoms with Gasteiger partial charge in [0.2, 0.25) is 0 Å². The van der Waals surface area contributed by atoms with Crippen LogP contribution in [0.5, 0.6) is 11.5 Å². The summed E-state index contributed by atoms with van der Waals surface area (Å²) in [6.45, 7) is 16.7. The van der Waals surface area contributed by atoms with E-state index in [0.29, 0.717) is 11.7 Å². The first-order valence-corrected chi connectivity index (χ1v) is 13.4. The van der Waals surface area contributed by atoms with Crippen molar-refractivity contribution in [1.29, 1.82) is 0 Å². The van der Waals surface area contributed by atoms with Crippen molar-refractivity contribution in [2.45, 2.75) is 104 Å². The summed E-state index contributed by atoms with van der Waals surface area (Å²) in [6.07, 6.45) is 12.6. The maximum atomic E-state index is 10.4. The molecule has 0 saturated carbocycles. The Labute approximate surface area is 202 Å². The molecule has 184 valence electrons. The predicted octanol–water partition coefficient (Wildman–Crippen LogP) is 5.98. The van der Waals surface area contributed by atoms with Crippen LogP contribution in [-0.2, 0) is 0 Å². The van der Waals surface area contributed by atoms with Crippen LogP contribution in [0.3, 0.4) is 0 Å². The van der Waals surface area contributed by atoms with Gasteiger partial charge in [0.15, 0.2) is 5.84 Å². The molecule has 2 N–H and O–H groups in total. The van der Waals surface area contributed by atoms with E-state index >= 15 is 0 Å². The molecule has 1 aromatic rings. The second kappa shape index (κ2) is 11.6. The van der Waals surface area contributed by atoms with Crippen LogP contribution in [0, 0.1) is 12.8 Å². The van der Waals surface area contributed by atoms with Crippen LogP contribution < -0.4 is 9.64 Å². The Morgan fingerprint density at radius 1 is 1.09 bits per heavy atom. The molecule has 33 heavy (non-hydrogen) atoms. The van der Waals surface area contributed by atoms with Crippen molar-refractivity contribution in [1.82, 2.24) is 0 Å². The summed E-state index contributed by atoms with van der Waals surface area (Å²) in [7, 11) is 0. The summed E-state index contributed by atoms with van der Waals surface area (Å²) in [5, 5.41) is 10.4. The molecule has 0 bridgehead atoms. The van der Waals surface area contributed by atoms with Gasteiger partial charge in [-0.2, -0.15) is 0 Å².